The van der Waals surface area contributed by atoms with Crippen molar-refractivity contribution >= 4 is 28.1 Å². The van der Waals surface area contributed by atoms with Crippen molar-refractivity contribution in [1.29, 1.82) is 0 Å². The summed E-state index contributed by atoms with van der Waals surface area (Å²) in [5.74, 6) is -0.139. The molecule has 27 heavy (non-hydrogen) atoms. The van der Waals surface area contributed by atoms with Gasteiger partial charge in [0, 0.05) is 22.8 Å². The Bertz CT molecular complexity index is 1220. The van der Waals surface area contributed by atoms with E-state index in [4.69, 9.17) is 0 Å². The van der Waals surface area contributed by atoms with Gasteiger partial charge in [-0.3, -0.25) is 14.3 Å². The van der Waals surface area contributed by atoms with Crippen molar-refractivity contribution in [1.82, 2.24) is 14.2 Å². The Kier molecular flexibility index (Phi) is 4.03. The Morgan fingerprint density at radius 1 is 1.07 bits per heavy atom. The van der Waals surface area contributed by atoms with Crippen molar-refractivity contribution in [3.63, 3.8) is 0 Å². The Morgan fingerprint density at radius 2 is 1.78 bits per heavy atom. The molecule has 0 saturated carbocycles. The molecular weight excluding hydrogens is 340 g/mol. The van der Waals surface area contributed by atoms with Gasteiger partial charge in [-0.25, -0.2) is 4.52 Å². The van der Waals surface area contributed by atoms with Crippen LogP contribution < -0.4 is 10.9 Å². The van der Waals surface area contributed by atoms with Gasteiger partial charge in [-0.05, 0) is 45.0 Å². The third-order valence-corrected chi connectivity index (χ3v) is 4.76. The van der Waals surface area contributed by atoms with E-state index in [0.29, 0.717) is 5.65 Å². The summed E-state index contributed by atoms with van der Waals surface area (Å²) in [6.07, 6.45) is 0. The lowest BCUT2D eigenvalue weighted by Gasteiger charge is -2.18. The van der Waals surface area contributed by atoms with Crippen molar-refractivity contribution in [2.75, 3.05) is 5.32 Å². The number of carbonyl (C=O) groups is 1. The molecule has 1 unspecified atom stereocenters. The molecule has 1 N–H and O–H groups in total. The van der Waals surface area contributed by atoms with Crippen molar-refractivity contribution in [3.05, 3.63) is 76.2 Å². The summed E-state index contributed by atoms with van der Waals surface area (Å²) < 4.78 is 3.72. The van der Waals surface area contributed by atoms with Gasteiger partial charge in [0.05, 0.1) is 5.52 Å². The average molecular weight is 360 g/mol. The van der Waals surface area contributed by atoms with Crippen molar-refractivity contribution in [2.24, 2.45) is 0 Å². The van der Waals surface area contributed by atoms with Gasteiger partial charge in [0.1, 0.15) is 6.04 Å². The van der Waals surface area contributed by atoms with E-state index in [1.807, 2.05) is 78.5 Å². The van der Waals surface area contributed by atoms with Crippen LogP contribution in [0.2, 0.25) is 0 Å². The van der Waals surface area contributed by atoms with E-state index < -0.39 is 6.04 Å². The van der Waals surface area contributed by atoms with Gasteiger partial charge in [-0.2, -0.15) is 4.98 Å². The predicted molar refractivity (Wildman–Crippen MR) is 106 cm³/mol. The van der Waals surface area contributed by atoms with Gasteiger partial charge >= 0.3 is 0 Å². The fourth-order valence-electron chi connectivity index (χ4n) is 3.38. The molecule has 0 aliphatic carbocycles. The van der Waals surface area contributed by atoms with E-state index >= 15 is 0 Å². The minimum Gasteiger partial charge on any atom is -0.324 e. The number of aryl methyl sites for hydroxylation is 2. The van der Waals surface area contributed by atoms with Gasteiger partial charge in [-0.15, -0.1) is 0 Å². The molecule has 2 aromatic carbocycles. The summed E-state index contributed by atoms with van der Waals surface area (Å²) in [6.45, 7) is 5.69. The topological polar surface area (TPSA) is 68.4 Å². The van der Waals surface area contributed by atoms with Crippen LogP contribution >= 0.6 is 0 Å². The smallest absolute Gasteiger partial charge is 0.273 e. The summed E-state index contributed by atoms with van der Waals surface area (Å²) in [5, 5.41) is 3.80. The molecule has 4 rings (SSSR count). The van der Waals surface area contributed by atoms with Crippen LogP contribution in [0.3, 0.4) is 0 Å². The zero-order chi connectivity index (χ0) is 19.1. The van der Waals surface area contributed by atoms with Gasteiger partial charge in [0.2, 0.25) is 5.91 Å². The molecule has 1 amide bonds. The van der Waals surface area contributed by atoms with Crippen molar-refractivity contribution < 1.29 is 4.79 Å². The molecule has 0 radical (unpaired) electrons. The maximum absolute atomic E-state index is 12.9. The van der Waals surface area contributed by atoms with Crippen LogP contribution in [0.15, 0.2) is 59.4 Å². The first-order valence-corrected chi connectivity index (χ1v) is 8.83. The molecule has 4 aromatic rings. The molecule has 2 heterocycles. The number of hydrogen-bond donors (Lipinski definition) is 1. The summed E-state index contributed by atoms with van der Waals surface area (Å²) in [5.41, 5.74) is 3.74. The van der Waals surface area contributed by atoms with Gasteiger partial charge in [0.15, 0.2) is 5.65 Å². The number of hydrogen-bond acceptors (Lipinski definition) is 3. The second-order valence-electron chi connectivity index (χ2n) is 6.76. The van der Waals surface area contributed by atoms with Crippen LogP contribution in [-0.4, -0.2) is 20.1 Å². The minimum absolute atomic E-state index is 0.139. The van der Waals surface area contributed by atoms with E-state index in [1.54, 1.807) is 0 Å². The number of benzene rings is 2. The number of carbonyl (C=O) groups excluding carboxylic acids is 1. The number of nitrogens with zero attached hydrogens (tertiary/aromatic N) is 3. The fraction of sp³-hybridized carbons (Fsp3) is 0.190. The minimum atomic E-state index is -0.503. The van der Waals surface area contributed by atoms with E-state index in [9.17, 15) is 9.59 Å². The van der Waals surface area contributed by atoms with Crippen molar-refractivity contribution in [2.45, 2.75) is 26.8 Å². The van der Waals surface area contributed by atoms with Crippen LogP contribution in [0.5, 0.6) is 0 Å². The van der Waals surface area contributed by atoms with Gasteiger partial charge in [0.25, 0.3) is 5.56 Å². The first-order valence-electron chi connectivity index (χ1n) is 8.83. The molecule has 6 heteroatoms. The van der Waals surface area contributed by atoms with Gasteiger partial charge < -0.3 is 5.32 Å². The highest BCUT2D eigenvalue weighted by molar-refractivity contribution is 5.97. The number of para-hydroxylation sites is 1. The molecular formula is C21H20N4O2. The Morgan fingerprint density at radius 3 is 2.52 bits per heavy atom. The third kappa shape index (κ3) is 2.89. The molecule has 2 aromatic heterocycles. The first kappa shape index (κ1) is 17.0. The molecule has 6 nitrogen and oxygen atoms in total. The highest BCUT2D eigenvalue weighted by Gasteiger charge is 2.22. The molecule has 1 atom stereocenters. The highest BCUT2D eigenvalue weighted by Crippen LogP contribution is 2.25. The highest BCUT2D eigenvalue weighted by atomic mass is 16.2. The van der Waals surface area contributed by atoms with E-state index in [1.165, 1.54) is 6.07 Å². The standard InChI is InChI=1S/C21H20N4O2/c1-13-8-10-16(11-9-13)22-21(27)15(3)25-18-7-5-4-6-17(18)20-23-19(26)12-14(2)24(20)25/h4-12,15H,1-3H3,(H,22,27). The molecule has 0 bridgehead atoms. The van der Waals surface area contributed by atoms with Gasteiger partial charge in [-0.1, -0.05) is 29.8 Å². The molecule has 136 valence electrons. The number of fused-ring (bicyclic) bond motifs is 3. The van der Waals surface area contributed by atoms with Crippen LogP contribution in [0, 0.1) is 13.8 Å². The van der Waals surface area contributed by atoms with Crippen LogP contribution in [0.1, 0.15) is 24.2 Å². The van der Waals surface area contributed by atoms with Crippen molar-refractivity contribution in [3.8, 4) is 0 Å². The number of amides is 1. The second kappa shape index (κ2) is 6.39. The SMILES string of the molecule is Cc1ccc(NC(=O)C(C)n2c3ccccc3c3nc(=O)cc(C)n32)cc1. The van der Waals surface area contributed by atoms with Crippen LogP contribution in [0.25, 0.3) is 16.6 Å². The lowest BCUT2D eigenvalue weighted by Crippen LogP contribution is -2.27. The third-order valence-electron chi connectivity index (χ3n) is 4.76. The molecule has 0 fully saturated rings. The lowest BCUT2D eigenvalue weighted by atomic mass is 10.2. The zero-order valence-electron chi connectivity index (χ0n) is 15.4. The van der Waals surface area contributed by atoms with Crippen LogP contribution in [-0.2, 0) is 4.79 Å². The Balaban J connectivity index is 1.85. The van der Waals surface area contributed by atoms with E-state index in [-0.39, 0.29) is 11.5 Å². The first-order chi connectivity index (χ1) is 13.0. The fourth-order valence-corrected chi connectivity index (χ4v) is 3.38. The largest absolute Gasteiger partial charge is 0.324 e. The normalized spacial score (nSPS) is 12.4. The maximum Gasteiger partial charge on any atom is 0.273 e. The summed E-state index contributed by atoms with van der Waals surface area (Å²) >= 11 is 0. The summed E-state index contributed by atoms with van der Waals surface area (Å²) in [6, 6.07) is 16.3. The quantitative estimate of drug-likeness (QED) is 0.608. The Hall–Kier alpha value is -3.41. The number of aromatic nitrogens is 3. The zero-order valence-corrected chi connectivity index (χ0v) is 15.4. The monoisotopic (exact) mass is 360 g/mol. The van der Waals surface area contributed by atoms with Crippen LogP contribution in [0.4, 0.5) is 5.69 Å². The molecule has 0 spiro atoms. The maximum atomic E-state index is 12.9. The predicted octanol–water partition coefficient (Wildman–Crippen LogP) is 3.47. The second-order valence-corrected chi connectivity index (χ2v) is 6.76. The summed E-state index contributed by atoms with van der Waals surface area (Å²) in [7, 11) is 0. The van der Waals surface area contributed by atoms with E-state index in [0.717, 1.165) is 27.8 Å². The average Bonchev–Trinajstić information content (AvgIpc) is 2.98. The number of nitrogens with one attached hydrogen (secondary N) is 1. The molecule has 0 saturated heterocycles. The van der Waals surface area contributed by atoms with E-state index in [2.05, 4.69) is 10.3 Å². The number of anilines is 1. The Labute approximate surface area is 156 Å². The molecule has 0 aliphatic rings. The molecule has 0 aliphatic heterocycles. The summed E-state index contributed by atoms with van der Waals surface area (Å²) in [4.78, 5) is 29.0. The lowest BCUT2D eigenvalue weighted by molar-refractivity contribution is -0.119. The number of rotatable bonds is 3.